The minimum atomic E-state index is -0.529. The molecule has 0 saturated carbocycles. The van der Waals surface area contributed by atoms with Crippen molar-refractivity contribution in [1.82, 2.24) is 9.80 Å². The van der Waals surface area contributed by atoms with Crippen LogP contribution in [0.5, 0.6) is 0 Å². The summed E-state index contributed by atoms with van der Waals surface area (Å²) in [6.45, 7) is 6.87. The summed E-state index contributed by atoms with van der Waals surface area (Å²) in [4.78, 5) is 40.0. The SMILES string of the molecule is CC(C)(C)OC(=O)N1CCC/C(=C/CN2C(=O)c3ccccc3C2=O)C1. The molecule has 1 aromatic rings. The van der Waals surface area contributed by atoms with Crippen molar-refractivity contribution in [2.24, 2.45) is 0 Å². The Morgan fingerprint density at radius 1 is 1.15 bits per heavy atom. The predicted molar refractivity (Wildman–Crippen MR) is 96.9 cm³/mol. The Bertz CT molecular complexity index is 741. The van der Waals surface area contributed by atoms with E-state index in [0.717, 1.165) is 18.4 Å². The van der Waals surface area contributed by atoms with Gasteiger partial charge in [0.15, 0.2) is 0 Å². The lowest BCUT2D eigenvalue weighted by Crippen LogP contribution is -2.40. The molecule has 6 heteroatoms. The zero-order valence-corrected chi connectivity index (χ0v) is 15.4. The van der Waals surface area contributed by atoms with Gasteiger partial charge >= 0.3 is 6.09 Å². The van der Waals surface area contributed by atoms with E-state index in [0.29, 0.717) is 24.2 Å². The number of ether oxygens (including phenoxy) is 1. The minimum absolute atomic E-state index is 0.226. The summed E-state index contributed by atoms with van der Waals surface area (Å²) >= 11 is 0. The van der Waals surface area contributed by atoms with E-state index in [1.165, 1.54) is 4.90 Å². The van der Waals surface area contributed by atoms with Crippen molar-refractivity contribution in [3.63, 3.8) is 0 Å². The second-order valence-electron chi connectivity index (χ2n) is 7.63. The van der Waals surface area contributed by atoms with Gasteiger partial charge in [0.05, 0.1) is 11.1 Å². The Hall–Kier alpha value is -2.63. The fourth-order valence-corrected chi connectivity index (χ4v) is 3.17. The van der Waals surface area contributed by atoms with Crippen LogP contribution in [-0.2, 0) is 4.74 Å². The van der Waals surface area contributed by atoms with E-state index in [9.17, 15) is 14.4 Å². The van der Waals surface area contributed by atoms with Crippen molar-refractivity contribution in [2.75, 3.05) is 19.6 Å². The van der Waals surface area contributed by atoms with E-state index < -0.39 is 5.60 Å². The van der Waals surface area contributed by atoms with Gasteiger partial charge in [0, 0.05) is 19.6 Å². The van der Waals surface area contributed by atoms with Crippen LogP contribution >= 0.6 is 0 Å². The summed E-state index contributed by atoms with van der Waals surface area (Å²) < 4.78 is 5.42. The van der Waals surface area contributed by atoms with Crippen LogP contribution in [0.15, 0.2) is 35.9 Å². The molecule has 0 aliphatic carbocycles. The number of rotatable bonds is 2. The third-order valence-corrected chi connectivity index (χ3v) is 4.41. The van der Waals surface area contributed by atoms with Gasteiger partial charge in [-0.05, 0) is 45.7 Å². The van der Waals surface area contributed by atoms with Crippen molar-refractivity contribution in [3.05, 3.63) is 47.0 Å². The number of piperidine rings is 1. The van der Waals surface area contributed by atoms with Crippen LogP contribution in [0.25, 0.3) is 0 Å². The molecule has 2 aliphatic rings. The summed E-state index contributed by atoms with van der Waals surface area (Å²) in [5.74, 6) is -0.524. The van der Waals surface area contributed by atoms with Crippen molar-refractivity contribution in [1.29, 1.82) is 0 Å². The minimum Gasteiger partial charge on any atom is -0.444 e. The number of benzene rings is 1. The Morgan fingerprint density at radius 3 is 2.35 bits per heavy atom. The third kappa shape index (κ3) is 3.79. The van der Waals surface area contributed by atoms with Gasteiger partial charge in [-0.15, -0.1) is 0 Å². The summed E-state index contributed by atoms with van der Waals surface area (Å²) in [7, 11) is 0. The van der Waals surface area contributed by atoms with Gasteiger partial charge in [0.2, 0.25) is 0 Å². The molecule has 0 unspecified atom stereocenters. The first-order valence-corrected chi connectivity index (χ1v) is 8.87. The van der Waals surface area contributed by atoms with E-state index in [1.807, 2.05) is 26.8 Å². The fourth-order valence-electron chi connectivity index (χ4n) is 3.17. The molecule has 0 N–H and O–H groups in total. The fraction of sp³-hybridized carbons (Fsp3) is 0.450. The van der Waals surface area contributed by atoms with Crippen LogP contribution in [0.4, 0.5) is 4.79 Å². The Kier molecular flexibility index (Phi) is 4.85. The molecule has 3 rings (SSSR count). The molecular formula is C20H24N2O4. The number of nitrogens with zero attached hydrogens (tertiary/aromatic N) is 2. The van der Waals surface area contributed by atoms with Gasteiger partial charge in [-0.25, -0.2) is 4.79 Å². The highest BCUT2D eigenvalue weighted by atomic mass is 16.6. The smallest absolute Gasteiger partial charge is 0.410 e. The zero-order valence-electron chi connectivity index (χ0n) is 15.4. The molecule has 1 saturated heterocycles. The van der Waals surface area contributed by atoms with Crippen molar-refractivity contribution in [3.8, 4) is 0 Å². The summed E-state index contributed by atoms with van der Waals surface area (Å²) in [6.07, 6.45) is 3.25. The number of imide groups is 1. The summed E-state index contributed by atoms with van der Waals surface area (Å²) in [6, 6.07) is 6.86. The first-order chi connectivity index (χ1) is 12.3. The largest absolute Gasteiger partial charge is 0.444 e. The monoisotopic (exact) mass is 356 g/mol. The van der Waals surface area contributed by atoms with Gasteiger partial charge in [-0.2, -0.15) is 0 Å². The number of fused-ring (bicyclic) bond motifs is 1. The molecule has 6 nitrogen and oxygen atoms in total. The second-order valence-corrected chi connectivity index (χ2v) is 7.63. The number of carbonyl (C=O) groups is 3. The molecule has 2 aliphatic heterocycles. The molecule has 3 amide bonds. The summed E-state index contributed by atoms with van der Waals surface area (Å²) in [5.41, 5.74) is 1.42. The maximum absolute atomic E-state index is 12.4. The van der Waals surface area contributed by atoms with Crippen LogP contribution in [0, 0.1) is 0 Å². The molecule has 0 bridgehead atoms. The van der Waals surface area contributed by atoms with Crippen LogP contribution in [0.2, 0.25) is 0 Å². The average molecular weight is 356 g/mol. The molecule has 26 heavy (non-hydrogen) atoms. The van der Waals surface area contributed by atoms with E-state index in [-0.39, 0.29) is 24.5 Å². The molecule has 0 aromatic heterocycles. The van der Waals surface area contributed by atoms with E-state index in [4.69, 9.17) is 4.74 Å². The van der Waals surface area contributed by atoms with E-state index in [2.05, 4.69) is 0 Å². The molecule has 2 heterocycles. The lowest BCUT2D eigenvalue weighted by molar-refractivity contribution is 0.0245. The Labute approximate surface area is 153 Å². The Morgan fingerprint density at radius 2 is 1.77 bits per heavy atom. The van der Waals surface area contributed by atoms with Gasteiger partial charge in [-0.3, -0.25) is 14.5 Å². The van der Waals surface area contributed by atoms with E-state index in [1.54, 1.807) is 29.2 Å². The quantitative estimate of drug-likeness (QED) is 0.603. The first kappa shape index (κ1) is 18.2. The molecule has 0 radical (unpaired) electrons. The lowest BCUT2D eigenvalue weighted by Gasteiger charge is -2.31. The van der Waals surface area contributed by atoms with Crippen LogP contribution in [0.1, 0.15) is 54.3 Å². The van der Waals surface area contributed by atoms with E-state index >= 15 is 0 Å². The first-order valence-electron chi connectivity index (χ1n) is 8.87. The Balaban J connectivity index is 1.65. The van der Waals surface area contributed by atoms with Crippen LogP contribution in [-0.4, -0.2) is 52.9 Å². The summed E-state index contributed by atoms with van der Waals surface area (Å²) in [5, 5.41) is 0. The van der Waals surface area contributed by atoms with Crippen molar-refractivity contribution >= 4 is 17.9 Å². The molecule has 0 spiro atoms. The third-order valence-electron chi connectivity index (χ3n) is 4.41. The maximum Gasteiger partial charge on any atom is 0.410 e. The van der Waals surface area contributed by atoms with Gasteiger partial charge in [0.1, 0.15) is 5.60 Å². The topological polar surface area (TPSA) is 66.9 Å². The van der Waals surface area contributed by atoms with Crippen molar-refractivity contribution in [2.45, 2.75) is 39.2 Å². The van der Waals surface area contributed by atoms with Crippen molar-refractivity contribution < 1.29 is 19.1 Å². The molecule has 138 valence electrons. The number of likely N-dealkylation sites (tertiary alicyclic amines) is 1. The van der Waals surface area contributed by atoms with Crippen LogP contribution < -0.4 is 0 Å². The predicted octanol–water partition coefficient (Wildman–Crippen LogP) is 3.24. The number of hydrogen-bond acceptors (Lipinski definition) is 4. The van der Waals surface area contributed by atoms with Gasteiger partial charge in [0.25, 0.3) is 11.8 Å². The molecule has 0 atom stereocenters. The highest BCUT2D eigenvalue weighted by Crippen LogP contribution is 2.23. The zero-order chi connectivity index (χ0) is 18.9. The highest BCUT2D eigenvalue weighted by molar-refractivity contribution is 6.21. The maximum atomic E-state index is 12.4. The molecule has 1 fully saturated rings. The molecule has 1 aromatic carbocycles. The van der Waals surface area contributed by atoms with Crippen LogP contribution in [0.3, 0.4) is 0 Å². The number of hydrogen-bond donors (Lipinski definition) is 0. The number of carbonyl (C=O) groups excluding carboxylic acids is 3. The van der Waals surface area contributed by atoms with Gasteiger partial charge < -0.3 is 9.64 Å². The number of amides is 3. The second kappa shape index (κ2) is 6.94. The van der Waals surface area contributed by atoms with Gasteiger partial charge in [-0.1, -0.05) is 23.8 Å². The average Bonchev–Trinajstić information content (AvgIpc) is 2.83. The standard InChI is InChI=1S/C20H24N2O4/c1-20(2,3)26-19(25)21-11-6-7-14(13-21)10-12-22-17(23)15-8-4-5-9-16(15)18(22)24/h4-5,8-10H,6-7,11-13H2,1-3H3/b14-10-. The normalized spacial score (nSPS) is 19.1. The molecular weight excluding hydrogens is 332 g/mol. The highest BCUT2D eigenvalue weighted by Gasteiger charge is 2.34. The lowest BCUT2D eigenvalue weighted by atomic mass is 10.0.